The lowest BCUT2D eigenvalue weighted by Crippen LogP contribution is -2.41. The first-order valence-electron chi connectivity index (χ1n) is 7.20. The van der Waals surface area contributed by atoms with Crippen molar-refractivity contribution in [2.24, 2.45) is 4.99 Å². The molecule has 0 aromatic heterocycles. The van der Waals surface area contributed by atoms with E-state index in [0.717, 1.165) is 24.4 Å². The summed E-state index contributed by atoms with van der Waals surface area (Å²) in [5.74, 6) is 1.04. The summed E-state index contributed by atoms with van der Waals surface area (Å²) in [5, 5.41) is 2.91. The molecule has 0 amide bonds. The molecule has 1 aromatic carbocycles. The van der Waals surface area contributed by atoms with Crippen molar-refractivity contribution in [2.45, 2.75) is 24.6 Å². The molecule has 1 atom stereocenters. The molecule has 1 aliphatic rings. The molecule has 0 spiro atoms. The highest BCUT2D eigenvalue weighted by Gasteiger charge is 2.31. The Labute approximate surface area is 127 Å². The average molecular weight is 309 g/mol. The summed E-state index contributed by atoms with van der Waals surface area (Å²) in [4.78, 5) is 6.42. The number of benzene rings is 1. The lowest BCUT2D eigenvalue weighted by atomic mass is 10.2. The fraction of sp³-hybridized carbons (Fsp3) is 0.533. The van der Waals surface area contributed by atoms with Gasteiger partial charge in [-0.1, -0.05) is 30.3 Å². The van der Waals surface area contributed by atoms with Gasteiger partial charge in [-0.25, -0.2) is 13.4 Å². The van der Waals surface area contributed by atoms with E-state index in [0.29, 0.717) is 18.8 Å². The van der Waals surface area contributed by atoms with Crippen LogP contribution < -0.4 is 5.32 Å². The minimum absolute atomic E-state index is 0.278. The van der Waals surface area contributed by atoms with Gasteiger partial charge in [0.1, 0.15) is 0 Å². The zero-order valence-electron chi connectivity index (χ0n) is 12.6. The first-order valence-corrected chi connectivity index (χ1v) is 8.92. The molecule has 2 rings (SSSR count). The molecular weight excluding hydrogens is 286 g/mol. The van der Waals surface area contributed by atoms with Crippen molar-refractivity contribution in [3.8, 4) is 0 Å². The van der Waals surface area contributed by atoms with Crippen LogP contribution >= 0.6 is 0 Å². The minimum Gasteiger partial charge on any atom is -0.355 e. The zero-order valence-corrected chi connectivity index (χ0v) is 13.4. The highest BCUT2D eigenvalue weighted by Crippen LogP contribution is 2.19. The molecule has 1 saturated heterocycles. The molecule has 1 aliphatic heterocycles. The van der Waals surface area contributed by atoms with Gasteiger partial charge >= 0.3 is 0 Å². The third-order valence-corrected chi connectivity index (χ3v) is 5.90. The summed E-state index contributed by atoms with van der Waals surface area (Å²) in [6, 6.07) is 10.00. The van der Waals surface area contributed by atoms with Crippen molar-refractivity contribution in [1.29, 1.82) is 0 Å². The van der Waals surface area contributed by atoms with Gasteiger partial charge in [-0.2, -0.15) is 0 Å². The van der Waals surface area contributed by atoms with E-state index in [1.165, 1.54) is 0 Å². The largest absolute Gasteiger partial charge is 0.355 e. The Morgan fingerprint density at radius 1 is 1.33 bits per heavy atom. The second kappa shape index (κ2) is 6.93. The fourth-order valence-corrected chi connectivity index (χ4v) is 4.16. The van der Waals surface area contributed by atoms with Crippen molar-refractivity contribution in [1.82, 2.24) is 10.2 Å². The molecule has 1 fully saturated rings. The molecule has 1 unspecified atom stereocenters. The molecule has 0 radical (unpaired) electrons. The molecule has 116 valence electrons. The number of nitrogens with zero attached hydrogens (tertiary/aromatic N) is 2. The van der Waals surface area contributed by atoms with E-state index in [1.54, 1.807) is 0 Å². The SMILES string of the molecule is CN(C)C(=NCc1ccccc1)NCC1CCCS1(=O)=O. The van der Waals surface area contributed by atoms with E-state index in [1.807, 2.05) is 49.3 Å². The first-order chi connectivity index (χ1) is 9.99. The van der Waals surface area contributed by atoms with E-state index in [9.17, 15) is 8.42 Å². The van der Waals surface area contributed by atoms with E-state index in [4.69, 9.17) is 0 Å². The van der Waals surface area contributed by atoms with Gasteiger partial charge in [0.15, 0.2) is 15.8 Å². The number of hydrogen-bond acceptors (Lipinski definition) is 3. The Bertz CT molecular complexity index is 582. The normalized spacial score (nSPS) is 21.2. The predicted molar refractivity (Wildman–Crippen MR) is 86.1 cm³/mol. The summed E-state index contributed by atoms with van der Waals surface area (Å²) < 4.78 is 23.7. The quantitative estimate of drug-likeness (QED) is 0.672. The van der Waals surface area contributed by atoms with Crippen LogP contribution in [0.2, 0.25) is 0 Å². The molecule has 6 heteroatoms. The zero-order chi connectivity index (χ0) is 15.3. The van der Waals surface area contributed by atoms with Crippen LogP contribution in [0, 0.1) is 0 Å². The van der Waals surface area contributed by atoms with Crippen molar-refractivity contribution in [2.75, 3.05) is 26.4 Å². The van der Waals surface area contributed by atoms with Crippen molar-refractivity contribution in [3.63, 3.8) is 0 Å². The lowest BCUT2D eigenvalue weighted by molar-refractivity contribution is 0.562. The number of nitrogens with one attached hydrogen (secondary N) is 1. The van der Waals surface area contributed by atoms with Gasteiger partial charge in [0, 0.05) is 20.6 Å². The van der Waals surface area contributed by atoms with Gasteiger partial charge in [-0.15, -0.1) is 0 Å². The summed E-state index contributed by atoms with van der Waals surface area (Å²) in [6.45, 7) is 1.02. The fourth-order valence-electron chi connectivity index (χ4n) is 2.40. The average Bonchev–Trinajstić information content (AvgIpc) is 2.78. The van der Waals surface area contributed by atoms with E-state index >= 15 is 0 Å². The van der Waals surface area contributed by atoms with Crippen LogP contribution in [-0.2, 0) is 16.4 Å². The molecule has 1 N–H and O–H groups in total. The van der Waals surface area contributed by atoms with E-state index in [2.05, 4.69) is 10.3 Å². The van der Waals surface area contributed by atoms with Crippen LogP contribution in [0.3, 0.4) is 0 Å². The molecule has 21 heavy (non-hydrogen) atoms. The maximum atomic E-state index is 11.8. The summed E-state index contributed by atoms with van der Waals surface area (Å²) in [7, 11) is 0.894. The van der Waals surface area contributed by atoms with Gasteiger partial charge < -0.3 is 10.2 Å². The van der Waals surface area contributed by atoms with Crippen LogP contribution in [0.5, 0.6) is 0 Å². The van der Waals surface area contributed by atoms with E-state index in [-0.39, 0.29) is 5.25 Å². The van der Waals surface area contributed by atoms with E-state index < -0.39 is 9.84 Å². The molecular formula is C15H23N3O2S. The first kappa shape index (κ1) is 15.8. The van der Waals surface area contributed by atoms with Crippen LogP contribution in [0.15, 0.2) is 35.3 Å². The van der Waals surface area contributed by atoms with Crippen LogP contribution in [0.25, 0.3) is 0 Å². The van der Waals surface area contributed by atoms with Gasteiger partial charge in [0.2, 0.25) is 0 Å². The molecule has 1 heterocycles. The molecule has 0 saturated carbocycles. The number of aliphatic imine (C=N–C) groups is 1. The second-order valence-electron chi connectivity index (χ2n) is 5.53. The highest BCUT2D eigenvalue weighted by molar-refractivity contribution is 7.92. The number of sulfone groups is 1. The predicted octanol–water partition coefficient (Wildman–Crippen LogP) is 1.27. The van der Waals surface area contributed by atoms with Gasteiger partial charge in [0.25, 0.3) is 0 Å². The smallest absolute Gasteiger partial charge is 0.193 e. The Morgan fingerprint density at radius 2 is 2.05 bits per heavy atom. The molecule has 5 nitrogen and oxygen atoms in total. The second-order valence-corrected chi connectivity index (χ2v) is 7.93. The standard InChI is InChI=1S/C15H23N3O2S/c1-18(2)15(16-11-13-7-4-3-5-8-13)17-12-14-9-6-10-21(14,19)20/h3-5,7-8,14H,6,9-12H2,1-2H3,(H,16,17). The van der Waals surface area contributed by atoms with Crippen LogP contribution in [0.1, 0.15) is 18.4 Å². The number of rotatable bonds is 4. The maximum absolute atomic E-state index is 11.8. The monoisotopic (exact) mass is 309 g/mol. The third kappa shape index (κ3) is 4.46. The molecule has 0 bridgehead atoms. The Hall–Kier alpha value is -1.56. The van der Waals surface area contributed by atoms with Gasteiger partial charge in [0.05, 0.1) is 17.5 Å². The Balaban J connectivity index is 1.96. The Kier molecular flexibility index (Phi) is 5.22. The summed E-state index contributed by atoms with van der Waals surface area (Å²) >= 11 is 0. The summed E-state index contributed by atoms with van der Waals surface area (Å²) in [6.07, 6.45) is 1.52. The highest BCUT2D eigenvalue weighted by atomic mass is 32.2. The molecule has 1 aromatic rings. The minimum atomic E-state index is -2.91. The number of hydrogen-bond donors (Lipinski definition) is 1. The topological polar surface area (TPSA) is 61.8 Å². The lowest BCUT2D eigenvalue weighted by Gasteiger charge is -2.19. The maximum Gasteiger partial charge on any atom is 0.193 e. The van der Waals surface area contributed by atoms with Crippen molar-refractivity contribution < 1.29 is 8.42 Å². The van der Waals surface area contributed by atoms with Crippen LogP contribution in [-0.4, -0.2) is 50.9 Å². The number of guanidine groups is 1. The third-order valence-electron chi connectivity index (χ3n) is 3.63. The van der Waals surface area contributed by atoms with Crippen LogP contribution in [0.4, 0.5) is 0 Å². The van der Waals surface area contributed by atoms with Crippen molar-refractivity contribution in [3.05, 3.63) is 35.9 Å². The van der Waals surface area contributed by atoms with Crippen molar-refractivity contribution >= 4 is 15.8 Å². The molecule has 0 aliphatic carbocycles. The summed E-state index contributed by atoms with van der Waals surface area (Å²) in [5.41, 5.74) is 1.13. The Morgan fingerprint density at radius 3 is 2.62 bits per heavy atom. The van der Waals surface area contributed by atoms with Gasteiger partial charge in [-0.3, -0.25) is 0 Å². The van der Waals surface area contributed by atoms with Gasteiger partial charge in [-0.05, 0) is 18.4 Å².